The van der Waals surface area contributed by atoms with Crippen molar-refractivity contribution in [3.63, 3.8) is 0 Å². The van der Waals surface area contributed by atoms with Crippen molar-refractivity contribution in [1.82, 2.24) is 9.97 Å². The van der Waals surface area contributed by atoms with Gasteiger partial charge in [0.15, 0.2) is 0 Å². The molecule has 0 aromatic carbocycles. The lowest BCUT2D eigenvalue weighted by atomic mass is 10.0. The van der Waals surface area contributed by atoms with Gasteiger partial charge >= 0.3 is 0 Å². The summed E-state index contributed by atoms with van der Waals surface area (Å²) in [6, 6.07) is 2.76. The molecular weight excluding hydrogens is 224 g/mol. The molecular formula is C14H22N4. The van der Waals surface area contributed by atoms with Crippen LogP contribution in [0.3, 0.4) is 0 Å². The quantitative estimate of drug-likeness (QED) is 0.890. The molecule has 1 aliphatic carbocycles. The Labute approximate surface area is 109 Å². The molecule has 3 rings (SSSR count). The van der Waals surface area contributed by atoms with Gasteiger partial charge < -0.3 is 10.2 Å². The summed E-state index contributed by atoms with van der Waals surface area (Å²) in [4.78, 5) is 11.5. The molecule has 98 valence electrons. The van der Waals surface area contributed by atoms with Crippen LogP contribution in [0.2, 0.25) is 0 Å². The minimum atomic E-state index is 0.646. The molecule has 1 N–H and O–H groups in total. The Morgan fingerprint density at radius 2 is 2.11 bits per heavy atom. The number of rotatable bonds is 3. The smallest absolute Gasteiger partial charge is 0.134 e. The van der Waals surface area contributed by atoms with Crippen molar-refractivity contribution in [2.75, 3.05) is 23.3 Å². The lowest BCUT2D eigenvalue weighted by Crippen LogP contribution is -2.35. The van der Waals surface area contributed by atoms with E-state index in [1.807, 2.05) is 6.92 Å². The predicted octanol–water partition coefficient (Wildman–Crippen LogP) is 2.60. The van der Waals surface area contributed by atoms with Gasteiger partial charge in [0.1, 0.15) is 17.5 Å². The van der Waals surface area contributed by atoms with Gasteiger partial charge in [0.2, 0.25) is 0 Å². The van der Waals surface area contributed by atoms with Crippen LogP contribution in [-0.4, -0.2) is 29.1 Å². The summed E-state index contributed by atoms with van der Waals surface area (Å²) in [5.41, 5.74) is 0. The largest absolute Gasteiger partial charge is 0.367 e. The SMILES string of the molecule is Cc1nc(NC2CC2)cc(N2CCCC(C)C2)n1. The zero-order valence-electron chi connectivity index (χ0n) is 11.3. The molecule has 4 heteroatoms. The van der Waals surface area contributed by atoms with E-state index in [9.17, 15) is 0 Å². The maximum atomic E-state index is 4.59. The van der Waals surface area contributed by atoms with Crippen molar-refractivity contribution in [3.05, 3.63) is 11.9 Å². The van der Waals surface area contributed by atoms with Gasteiger partial charge in [-0.3, -0.25) is 0 Å². The van der Waals surface area contributed by atoms with Crippen molar-refractivity contribution < 1.29 is 0 Å². The third-order valence-electron chi connectivity index (χ3n) is 3.73. The maximum absolute atomic E-state index is 4.59. The van der Waals surface area contributed by atoms with Crippen LogP contribution in [0.25, 0.3) is 0 Å². The van der Waals surface area contributed by atoms with Gasteiger partial charge in [-0.2, -0.15) is 0 Å². The topological polar surface area (TPSA) is 41.1 Å². The van der Waals surface area contributed by atoms with Crippen LogP contribution in [-0.2, 0) is 0 Å². The molecule has 0 bridgehead atoms. The number of nitrogens with one attached hydrogen (secondary N) is 1. The number of aryl methyl sites for hydroxylation is 1. The molecule has 4 nitrogen and oxygen atoms in total. The standard InChI is InChI=1S/C14H22N4/c1-10-4-3-7-18(9-10)14-8-13(15-11(2)16-14)17-12-5-6-12/h8,10,12H,3-7,9H2,1-2H3,(H,15,16,17). The van der Waals surface area contributed by atoms with Crippen LogP contribution >= 0.6 is 0 Å². The molecule has 1 atom stereocenters. The summed E-state index contributed by atoms with van der Waals surface area (Å²) in [5, 5.41) is 3.47. The van der Waals surface area contributed by atoms with Crippen LogP contribution in [0, 0.1) is 12.8 Å². The molecule has 1 aliphatic heterocycles. The van der Waals surface area contributed by atoms with Crippen LogP contribution < -0.4 is 10.2 Å². The number of aromatic nitrogens is 2. The van der Waals surface area contributed by atoms with E-state index in [1.54, 1.807) is 0 Å². The Morgan fingerprint density at radius 1 is 1.28 bits per heavy atom. The lowest BCUT2D eigenvalue weighted by molar-refractivity contribution is 0.444. The fourth-order valence-electron chi connectivity index (χ4n) is 2.62. The fraction of sp³-hybridized carbons (Fsp3) is 0.714. The van der Waals surface area contributed by atoms with Crippen molar-refractivity contribution >= 4 is 11.6 Å². The molecule has 0 radical (unpaired) electrons. The number of hydrogen-bond donors (Lipinski definition) is 1. The van der Waals surface area contributed by atoms with E-state index in [4.69, 9.17) is 0 Å². The normalized spacial score (nSPS) is 24.1. The van der Waals surface area contributed by atoms with Gasteiger partial charge in [0.05, 0.1) is 0 Å². The average Bonchev–Trinajstić information content (AvgIpc) is 3.12. The molecule has 1 aromatic rings. The van der Waals surface area contributed by atoms with E-state index in [2.05, 4.69) is 33.2 Å². The van der Waals surface area contributed by atoms with Crippen LogP contribution in [0.1, 0.15) is 38.4 Å². The van der Waals surface area contributed by atoms with E-state index in [-0.39, 0.29) is 0 Å². The van der Waals surface area contributed by atoms with E-state index in [0.29, 0.717) is 6.04 Å². The Balaban J connectivity index is 1.78. The molecule has 0 spiro atoms. The highest BCUT2D eigenvalue weighted by Crippen LogP contribution is 2.27. The van der Waals surface area contributed by atoms with Crippen molar-refractivity contribution in [3.8, 4) is 0 Å². The Kier molecular flexibility index (Phi) is 3.10. The highest BCUT2D eigenvalue weighted by Gasteiger charge is 2.23. The van der Waals surface area contributed by atoms with Gasteiger partial charge in [-0.05, 0) is 38.5 Å². The van der Waals surface area contributed by atoms with Crippen LogP contribution in [0.4, 0.5) is 11.6 Å². The molecule has 1 unspecified atom stereocenters. The summed E-state index contributed by atoms with van der Waals surface area (Å²) < 4.78 is 0. The summed E-state index contributed by atoms with van der Waals surface area (Å²) in [6.07, 6.45) is 5.17. The average molecular weight is 246 g/mol. The van der Waals surface area contributed by atoms with Gasteiger partial charge in [-0.25, -0.2) is 9.97 Å². The minimum Gasteiger partial charge on any atom is -0.367 e. The van der Waals surface area contributed by atoms with Crippen molar-refractivity contribution in [1.29, 1.82) is 0 Å². The highest BCUT2D eigenvalue weighted by molar-refractivity contribution is 5.50. The van der Waals surface area contributed by atoms with Crippen LogP contribution in [0.15, 0.2) is 6.07 Å². The fourth-order valence-corrected chi connectivity index (χ4v) is 2.62. The Morgan fingerprint density at radius 3 is 2.83 bits per heavy atom. The third kappa shape index (κ3) is 2.74. The number of nitrogens with zero attached hydrogens (tertiary/aromatic N) is 3. The molecule has 0 amide bonds. The van der Waals surface area contributed by atoms with E-state index in [0.717, 1.165) is 36.5 Å². The first-order valence-electron chi connectivity index (χ1n) is 7.08. The van der Waals surface area contributed by atoms with Gasteiger partial charge in [-0.15, -0.1) is 0 Å². The monoisotopic (exact) mass is 246 g/mol. The Bertz CT molecular complexity index is 428. The second-order valence-corrected chi connectivity index (χ2v) is 5.77. The number of anilines is 2. The molecule has 18 heavy (non-hydrogen) atoms. The number of piperidine rings is 1. The molecule has 2 aliphatic rings. The predicted molar refractivity (Wildman–Crippen MR) is 74.0 cm³/mol. The first-order chi connectivity index (χ1) is 8.70. The van der Waals surface area contributed by atoms with E-state index < -0.39 is 0 Å². The van der Waals surface area contributed by atoms with Crippen LogP contribution in [0.5, 0.6) is 0 Å². The second-order valence-electron chi connectivity index (χ2n) is 5.77. The maximum Gasteiger partial charge on any atom is 0.134 e. The Hall–Kier alpha value is -1.32. The molecule has 1 saturated carbocycles. The van der Waals surface area contributed by atoms with Gasteiger partial charge in [-0.1, -0.05) is 6.92 Å². The second kappa shape index (κ2) is 4.75. The van der Waals surface area contributed by atoms with Gasteiger partial charge in [0.25, 0.3) is 0 Å². The van der Waals surface area contributed by atoms with E-state index in [1.165, 1.54) is 25.7 Å². The number of hydrogen-bond acceptors (Lipinski definition) is 4. The summed E-state index contributed by atoms with van der Waals surface area (Å²) in [7, 11) is 0. The molecule has 1 aromatic heterocycles. The van der Waals surface area contributed by atoms with Crippen molar-refractivity contribution in [2.45, 2.75) is 45.6 Å². The first kappa shape index (κ1) is 11.8. The molecule has 2 fully saturated rings. The first-order valence-corrected chi connectivity index (χ1v) is 7.08. The van der Waals surface area contributed by atoms with Gasteiger partial charge in [0, 0.05) is 25.2 Å². The summed E-state index contributed by atoms with van der Waals surface area (Å²) >= 11 is 0. The molecule has 1 saturated heterocycles. The minimum absolute atomic E-state index is 0.646. The molecule has 2 heterocycles. The summed E-state index contributed by atoms with van der Waals surface area (Å²) in [6.45, 7) is 6.56. The third-order valence-corrected chi connectivity index (χ3v) is 3.73. The van der Waals surface area contributed by atoms with E-state index >= 15 is 0 Å². The summed E-state index contributed by atoms with van der Waals surface area (Å²) in [5.74, 6) is 3.73. The lowest BCUT2D eigenvalue weighted by Gasteiger charge is -2.32. The zero-order chi connectivity index (χ0) is 12.5. The highest BCUT2D eigenvalue weighted by atomic mass is 15.2. The van der Waals surface area contributed by atoms with Crippen molar-refractivity contribution in [2.24, 2.45) is 5.92 Å². The zero-order valence-corrected chi connectivity index (χ0v) is 11.3.